The number of fused-ring (bicyclic) bond motifs is 1. The fraction of sp³-hybridized carbons (Fsp3) is 0. The number of hydrogen-bond donors (Lipinski definition) is 1. The average Bonchev–Trinajstić information content (AvgIpc) is 3.23. The molecule has 6 nitrogen and oxygen atoms in total. The van der Waals surface area contributed by atoms with Gasteiger partial charge in [0.05, 0.1) is 34.5 Å². The molecular weight excluding hydrogens is 391 g/mol. The molecule has 3 aromatic heterocycles. The van der Waals surface area contributed by atoms with E-state index >= 15 is 0 Å². The van der Waals surface area contributed by atoms with Gasteiger partial charge >= 0.3 is 0 Å². The van der Waals surface area contributed by atoms with Gasteiger partial charge in [-0.25, -0.2) is 14.1 Å². The Balaban J connectivity index is 1.56. The van der Waals surface area contributed by atoms with Crippen molar-refractivity contribution in [1.29, 1.82) is 0 Å². The second-order valence-corrected chi connectivity index (χ2v) is 6.75. The van der Waals surface area contributed by atoms with Gasteiger partial charge in [-0.2, -0.15) is 5.10 Å². The van der Waals surface area contributed by atoms with Gasteiger partial charge in [0, 0.05) is 30.0 Å². The van der Waals surface area contributed by atoms with Crippen LogP contribution in [0.4, 0.5) is 10.1 Å². The number of pyridine rings is 2. The molecule has 5 rings (SSSR count). The van der Waals surface area contributed by atoms with Crippen molar-refractivity contribution in [3.63, 3.8) is 0 Å². The van der Waals surface area contributed by atoms with Crippen LogP contribution in [-0.4, -0.2) is 19.7 Å². The number of hydrogen-bond acceptors (Lipinski definition) is 5. The van der Waals surface area contributed by atoms with E-state index in [1.165, 1.54) is 12.1 Å². The zero-order valence-corrected chi connectivity index (χ0v) is 15.8. The van der Waals surface area contributed by atoms with Crippen molar-refractivity contribution in [3.8, 4) is 5.69 Å². The van der Waals surface area contributed by atoms with Crippen molar-refractivity contribution in [2.24, 2.45) is 0 Å². The van der Waals surface area contributed by atoms with Crippen LogP contribution in [0.3, 0.4) is 0 Å². The Morgan fingerprint density at radius 2 is 1.86 bits per heavy atom. The van der Waals surface area contributed by atoms with Crippen molar-refractivity contribution < 1.29 is 4.39 Å². The van der Waals surface area contributed by atoms with Crippen molar-refractivity contribution in [2.75, 3.05) is 5.01 Å². The summed E-state index contributed by atoms with van der Waals surface area (Å²) in [6.45, 7) is 0. The van der Waals surface area contributed by atoms with Gasteiger partial charge in [0.2, 0.25) is 0 Å². The summed E-state index contributed by atoms with van der Waals surface area (Å²) in [5.41, 5.74) is 7.26. The minimum Gasteiger partial charge on any atom is -0.292 e. The van der Waals surface area contributed by atoms with Crippen LogP contribution in [-0.2, 0) is 0 Å². The van der Waals surface area contributed by atoms with Crippen LogP contribution in [0, 0.1) is 5.82 Å². The smallest absolute Gasteiger partial charge is 0.131 e. The number of nitrogens with zero attached hydrogens (tertiary/aromatic N) is 5. The predicted molar refractivity (Wildman–Crippen MR) is 111 cm³/mol. The molecule has 4 heterocycles. The van der Waals surface area contributed by atoms with Crippen molar-refractivity contribution in [1.82, 2.24) is 25.2 Å². The highest BCUT2D eigenvalue weighted by atomic mass is 35.5. The minimum atomic E-state index is -0.320. The van der Waals surface area contributed by atoms with E-state index in [2.05, 4.69) is 20.5 Å². The SMILES string of the molecule is Fc1ccc2nccc(-n3nccc3C3=CC=CN(c4ccnc(Cl)c4)N3)c2c1. The summed E-state index contributed by atoms with van der Waals surface area (Å²) in [5, 5.41) is 7.39. The number of rotatable bonds is 3. The molecular formula is C21H14ClFN6. The summed E-state index contributed by atoms with van der Waals surface area (Å²) in [6.07, 6.45) is 10.8. The summed E-state index contributed by atoms with van der Waals surface area (Å²) < 4.78 is 15.6. The maximum absolute atomic E-state index is 13.9. The van der Waals surface area contributed by atoms with Gasteiger partial charge in [-0.05, 0) is 48.6 Å². The second-order valence-electron chi connectivity index (χ2n) is 6.36. The van der Waals surface area contributed by atoms with Gasteiger partial charge in [0.25, 0.3) is 0 Å². The molecule has 1 N–H and O–H groups in total. The van der Waals surface area contributed by atoms with Crippen LogP contribution >= 0.6 is 11.6 Å². The number of halogens is 2. The van der Waals surface area contributed by atoms with Crippen molar-refractivity contribution >= 4 is 33.9 Å². The van der Waals surface area contributed by atoms with E-state index in [-0.39, 0.29) is 5.82 Å². The van der Waals surface area contributed by atoms with E-state index < -0.39 is 0 Å². The maximum Gasteiger partial charge on any atom is 0.131 e. The summed E-state index contributed by atoms with van der Waals surface area (Å²) >= 11 is 6.02. The summed E-state index contributed by atoms with van der Waals surface area (Å²) in [6, 6.07) is 11.8. The van der Waals surface area contributed by atoms with Crippen LogP contribution in [0.2, 0.25) is 5.15 Å². The molecule has 8 heteroatoms. The van der Waals surface area contributed by atoms with Gasteiger partial charge in [0.15, 0.2) is 0 Å². The standard InChI is InChI=1S/C21H14ClFN6/c22-21-13-15(5-8-25-21)28-11-1-2-18(27-28)20-7-10-26-29(20)19-6-9-24-17-4-3-14(23)12-16(17)19/h1-13,27H. The monoisotopic (exact) mass is 404 g/mol. The average molecular weight is 405 g/mol. The van der Waals surface area contributed by atoms with Gasteiger partial charge in [0.1, 0.15) is 11.0 Å². The molecule has 142 valence electrons. The lowest BCUT2D eigenvalue weighted by molar-refractivity contribution is 0.629. The normalized spacial score (nSPS) is 13.4. The van der Waals surface area contributed by atoms with Gasteiger partial charge < -0.3 is 0 Å². The van der Waals surface area contributed by atoms with E-state index in [1.54, 1.807) is 35.4 Å². The first kappa shape index (κ1) is 17.4. The lowest BCUT2D eigenvalue weighted by atomic mass is 10.1. The third-order valence-corrected chi connectivity index (χ3v) is 4.76. The van der Waals surface area contributed by atoms with E-state index in [0.29, 0.717) is 16.1 Å². The third kappa shape index (κ3) is 3.21. The summed E-state index contributed by atoms with van der Waals surface area (Å²) in [7, 11) is 0. The first-order chi connectivity index (χ1) is 14.2. The number of aromatic nitrogens is 4. The number of nitrogens with one attached hydrogen (secondary N) is 1. The predicted octanol–water partition coefficient (Wildman–Crippen LogP) is 4.49. The summed E-state index contributed by atoms with van der Waals surface area (Å²) in [5.74, 6) is -0.320. The van der Waals surface area contributed by atoms with E-state index in [9.17, 15) is 4.39 Å². The van der Waals surface area contributed by atoms with E-state index in [1.807, 2.05) is 41.6 Å². The number of benzene rings is 1. The zero-order valence-electron chi connectivity index (χ0n) is 15.0. The Hall–Kier alpha value is -3.71. The van der Waals surface area contributed by atoms with Crippen LogP contribution in [0.25, 0.3) is 22.3 Å². The van der Waals surface area contributed by atoms with E-state index in [4.69, 9.17) is 11.6 Å². The Morgan fingerprint density at radius 1 is 0.966 bits per heavy atom. The Labute approximate surface area is 170 Å². The summed E-state index contributed by atoms with van der Waals surface area (Å²) in [4.78, 5) is 8.33. The van der Waals surface area contributed by atoms with Crippen LogP contribution in [0.1, 0.15) is 5.69 Å². The number of hydrazine groups is 1. The molecule has 0 aliphatic carbocycles. The van der Waals surface area contributed by atoms with Crippen LogP contribution in [0.5, 0.6) is 0 Å². The Morgan fingerprint density at radius 3 is 2.76 bits per heavy atom. The minimum absolute atomic E-state index is 0.320. The first-order valence-corrected chi connectivity index (χ1v) is 9.22. The Kier molecular flexibility index (Phi) is 4.22. The first-order valence-electron chi connectivity index (χ1n) is 8.84. The second kappa shape index (κ2) is 7.03. The van der Waals surface area contributed by atoms with Crippen molar-refractivity contribution in [2.45, 2.75) is 0 Å². The zero-order chi connectivity index (χ0) is 19.8. The van der Waals surface area contributed by atoms with Gasteiger partial charge in [-0.1, -0.05) is 11.6 Å². The lowest BCUT2D eigenvalue weighted by Crippen LogP contribution is -2.34. The van der Waals surface area contributed by atoms with E-state index in [0.717, 1.165) is 22.8 Å². The topological polar surface area (TPSA) is 58.9 Å². The fourth-order valence-electron chi connectivity index (χ4n) is 3.25. The molecule has 0 unspecified atom stereocenters. The third-order valence-electron chi connectivity index (χ3n) is 4.55. The number of allylic oxidation sites excluding steroid dienone is 2. The maximum atomic E-state index is 13.9. The van der Waals surface area contributed by atoms with Gasteiger partial charge in [-0.3, -0.25) is 15.4 Å². The highest BCUT2D eigenvalue weighted by molar-refractivity contribution is 6.29. The molecule has 0 radical (unpaired) electrons. The molecule has 1 aromatic carbocycles. The lowest BCUT2D eigenvalue weighted by Gasteiger charge is -2.27. The molecule has 0 fully saturated rings. The highest BCUT2D eigenvalue weighted by Gasteiger charge is 2.17. The molecule has 0 saturated carbocycles. The number of anilines is 1. The largest absolute Gasteiger partial charge is 0.292 e. The Bertz CT molecular complexity index is 1280. The molecule has 29 heavy (non-hydrogen) atoms. The van der Waals surface area contributed by atoms with Crippen LogP contribution < -0.4 is 10.4 Å². The van der Waals surface area contributed by atoms with Crippen molar-refractivity contribution in [3.05, 3.63) is 96.1 Å². The highest BCUT2D eigenvalue weighted by Crippen LogP contribution is 2.26. The molecule has 0 amide bonds. The molecule has 0 atom stereocenters. The van der Waals surface area contributed by atoms with Gasteiger partial charge in [-0.15, -0.1) is 0 Å². The molecule has 0 spiro atoms. The fourth-order valence-corrected chi connectivity index (χ4v) is 3.42. The molecule has 1 aliphatic rings. The molecule has 0 bridgehead atoms. The van der Waals surface area contributed by atoms with Crippen LogP contribution in [0.15, 0.2) is 79.4 Å². The molecule has 0 saturated heterocycles. The quantitative estimate of drug-likeness (QED) is 0.510. The molecule has 4 aromatic rings. The molecule has 1 aliphatic heterocycles.